The zero-order chi connectivity index (χ0) is 20.5. The number of hydrogen-bond donors (Lipinski definition) is 0. The Kier molecular flexibility index (Phi) is 5.98. The highest BCUT2D eigenvalue weighted by Crippen LogP contribution is 2.43. The number of aromatic nitrogens is 1. The molecule has 0 fully saturated rings. The van der Waals surface area contributed by atoms with Crippen LogP contribution in [0.2, 0.25) is 0 Å². The second kappa shape index (κ2) is 8.49. The van der Waals surface area contributed by atoms with E-state index < -0.39 is 0 Å². The minimum absolute atomic E-state index is 0.158. The lowest BCUT2D eigenvalue weighted by Gasteiger charge is -2.23. The molecule has 2 nitrogen and oxygen atoms in total. The van der Waals surface area contributed by atoms with E-state index >= 15 is 0 Å². The molecule has 0 spiro atoms. The van der Waals surface area contributed by atoms with Crippen LogP contribution in [0.5, 0.6) is 0 Å². The van der Waals surface area contributed by atoms with Crippen molar-refractivity contribution in [3.8, 4) is 0 Å². The van der Waals surface area contributed by atoms with Gasteiger partial charge in [0, 0.05) is 23.4 Å². The van der Waals surface area contributed by atoms with Gasteiger partial charge >= 0.3 is 0 Å². The van der Waals surface area contributed by atoms with Gasteiger partial charge in [-0.15, -0.1) is 22.9 Å². The van der Waals surface area contributed by atoms with E-state index in [9.17, 15) is 4.79 Å². The summed E-state index contributed by atoms with van der Waals surface area (Å²) in [6.07, 6.45) is 3.07. The van der Waals surface area contributed by atoms with Gasteiger partial charge in [0.25, 0.3) is 0 Å². The summed E-state index contributed by atoms with van der Waals surface area (Å²) < 4.78 is 2.17. The highest BCUT2D eigenvalue weighted by Gasteiger charge is 2.31. The Morgan fingerprint density at radius 2 is 2.07 bits per heavy atom. The number of aryl methyl sites for hydroxylation is 1. The predicted octanol–water partition coefficient (Wildman–Crippen LogP) is 7.52. The lowest BCUT2D eigenvalue weighted by atomic mass is 9.82. The normalized spacial score (nSPS) is 19.4. The van der Waals surface area contributed by atoms with Gasteiger partial charge < -0.3 is 4.57 Å². The summed E-state index contributed by atoms with van der Waals surface area (Å²) in [5, 5.41) is 3.26. The van der Waals surface area contributed by atoms with Crippen molar-refractivity contribution in [3.63, 3.8) is 0 Å². The van der Waals surface area contributed by atoms with Gasteiger partial charge in [0.2, 0.25) is 5.78 Å². The first-order valence-corrected chi connectivity index (χ1v) is 11.9. The summed E-state index contributed by atoms with van der Waals surface area (Å²) in [6, 6.07) is 12.7. The molecule has 1 aliphatic carbocycles. The number of carbonyl (C=O) groups is 1. The molecule has 0 N–H and O–H groups in total. The molecule has 0 saturated heterocycles. The van der Waals surface area contributed by atoms with E-state index in [4.69, 9.17) is 11.6 Å². The van der Waals surface area contributed by atoms with Gasteiger partial charge in [-0.25, -0.2) is 0 Å². The number of rotatable bonds is 6. The SMILES string of the molecule is CCn1c(C(=O)C2=C(C)CC(CCCCl)C(C)c3ccccc32)cc2ccsc21. The molecule has 2 aromatic heterocycles. The number of Topliss-reactive ketones (excluding diaryl/α,β-unsaturated/α-hetero) is 1. The van der Waals surface area contributed by atoms with Crippen LogP contribution in [0.1, 0.15) is 67.6 Å². The zero-order valence-electron chi connectivity index (χ0n) is 17.4. The van der Waals surface area contributed by atoms with Gasteiger partial charge in [-0.05, 0) is 73.6 Å². The third kappa shape index (κ3) is 3.60. The van der Waals surface area contributed by atoms with E-state index in [0.29, 0.717) is 17.7 Å². The fourth-order valence-electron chi connectivity index (χ4n) is 4.89. The molecule has 152 valence electrons. The molecule has 29 heavy (non-hydrogen) atoms. The van der Waals surface area contributed by atoms with Crippen LogP contribution < -0.4 is 0 Å². The maximum Gasteiger partial charge on any atom is 0.209 e. The largest absolute Gasteiger partial charge is 0.330 e. The molecule has 0 aliphatic heterocycles. The molecule has 0 amide bonds. The first kappa shape index (κ1) is 20.4. The van der Waals surface area contributed by atoms with Crippen LogP contribution in [-0.4, -0.2) is 16.2 Å². The second-order valence-electron chi connectivity index (χ2n) is 8.11. The van der Waals surface area contributed by atoms with Crippen LogP contribution >= 0.6 is 22.9 Å². The van der Waals surface area contributed by atoms with E-state index in [1.165, 1.54) is 16.0 Å². The van der Waals surface area contributed by atoms with Gasteiger partial charge in [-0.3, -0.25) is 4.79 Å². The van der Waals surface area contributed by atoms with Gasteiger partial charge in [0.15, 0.2) is 0 Å². The first-order chi connectivity index (χ1) is 14.1. The molecular weight excluding hydrogens is 398 g/mol. The van der Waals surface area contributed by atoms with Crippen LogP contribution in [-0.2, 0) is 6.54 Å². The average Bonchev–Trinajstić information content (AvgIpc) is 3.29. The van der Waals surface area contributed by atoms with Gasteiger partial charge in [0.05, 0.1) is 5.69 Å². The Hall–Kier alpha value is -1.84. The Balaban J connectivity index is 1.85. The number of hydrogen-bond acceptors (Lipinski definition) is 2. The van der Waals surface area contributed by atoms with Crippen LogP contribution in [0.15, 0.2) is 47.4 Å². The molecule has 0 bridgehead atoms. The maximum absolute atomic E-state index is 13.9. The van der Waals surface area contributed by atoms with Crippen molar-refractivity contribution in [2.45, 2.75) is 52.5 Å². The maximum atomic E-state index is 13.9. The molecule has 4 rings (SSSR count). The Bertz CT molecular complexity index is 1070. The first-order valence-electron chi connectivity index (χ1n) is 10.5. The quantitative estimate of drug-likeness (QED) is 0.295. The van der Waals surface area contributed by atoms with Crippen LogP contribution in [0.3, 0.4) is 0 Å². The van der Waals surface area contributed by atoms with Crippen LogP contribution in [0, 0.1) is 5.92 Å². The molecule has 0 radical (unpaired) electrons. The van der Waals surface area contributed by atoms with Crippen molar-refractivity contribution < 1.29 is 4.79 Å². The number of thiophene rings is 1. The lowest BCUT2D eigenvalue weighted by molar-refractivity contribution is 0.104. The summed E-state index contributed by atoms with van der Waals surface area (Å²) in [7, 11) is 0. The predicted molar refractivity (Wildman–Crippen MR) is 125 cm³/mol. The number of fused-ring (bicyclic) bond motifs is 2. The third-order valence-electron chi connectivity index (χ3n) is 6.41. The van der Waals surface area contributed by atoms with Gasteiger partial charge in [-0.2, -0.15) is 0 Å². The standard InChI is InChI=1S/C25H28ClNOS/c1-4-27-22(15-19-11-13-29-25(19)27)24(28)23-16(2)14-18(8-7-12-26)17(3)20-9-5-6-10-21(20)23/h5-6,9-11,13,15,17-18H,4,7-8,12,14H2,1-3H3. The number of carbonyl (C=O) groups excluding carboxylic acids is 1. The highest BCUT2D eigenvalue weighted by atomic mass is 35.5. The summed E-state index contributed by atoms with van der Waals surface area (Å²) in [5.41, 5.74) is 5.33. The number of halogens is 1. The van der Waals surface area contributed by atoms with Crippen molar-refractivity contribution in [2.24, 2.45) is 5.92 Å². The van der Waals surface area contributed by atoms with Crippen molar-refractivity contribution in [1.29, 1.82) is 0 Å². The zero-order valence-corrected chi connectivity index (χ0v) is 18.9. The fourth-order valence-corrected chi connectivity index (χ4v) is 6.01. The summed E-state index contributed by atoms with van der Waals surface area (Å²) in [5.74, 6) is 1.78. The molecular formula is C25H28ClNOS. The number of ketones is 1. The average molecular weight is 426 g/mol. The van der Waals surface area contributed by atoms with Crippen LogP contribution in [0.4, 0.5) is 0 Å². The number of allylic oxidation sites excluding steroid dienone is 2. The molecule has 0 saturated carbocycles. The van der Waals surface area contributed by atoms with E-state index in [1.807, 2.05) is 0 Å². The molecule has 1 aromatic carbocycles. The molecule has 2 heterocycles. The second-order valence-corrected chi connectivity index (χ2v) is 9.38. The van der Waals surface area contributed by atoms with E-state index in [0.717, 1.165) is 48.0 Å². The molecule has 1 aliphatic rings. The number of nitrogens with zero attached hydrogens (tertiary/aromatic N) is 1. The van der Waals surface area contributed by atoms with Crippen molar-refractivity contribution in [2.75, 3.05) is 5.88 Å². The highest BCUT2D eigenvalue weighted by molar-refractivity contribution is 7.16. The third-order valence-corrected chi connectivity index (χ3v) is 7.63. The smallest absolute Gasteiger partial charge is 0.209 e. The molecule has 2 atom stereocenters. The van der Waals surface area contributed by atoms with Gasteiger partial charge in [0.1, 0.15) is 4.83 Å². The molecule has 2 unspecified atom stereocenters. The van der Waals surface area contributed by atoms with E-state index in [1.54, 1.807) is 11.3 Å². The minimum atomic E-state index is 0.158. The Morgan fingerprint density at radius 3 is 2.83 bits per heavy atom. The summed E-state index contributed by atoms with van der Waals surface area (Å²) in [6.45, 7) is 7.37. The molecule has 3 aromatic rings. The lowest BCUT2D eigenvalue weighted by Crippen LogP contribution is -2.12. The van der Waals surface area contributed by atoms with Crippen molar-refractivity contribution >= 4 is 44.5 Å². The summed E-state index contributed by atoms with van der Waals surface area (Å²) in [4.78, 5) is 15.1. The van der Waals surface area contributed by atoms with Gasteiger partial charge in [-0.1, -0.05) is 36.8 Å². The topological polar surface area (TPSA) is 22.0 Å². The molecule has 4 heteroatoms. The van der Waals surface area contributed by atoms with Crippen molar-refractivity contribution in [3.05, 3.63) is 64.2 Å². The Labute approximate surface area is 182 Å². The van der Waals surface area contributed by atoms with E-state index in [-0.39, 0.29) is 5.78 Å². The van der Waals surface area contributed by atoms with Crippen LogP contribution in [0.25, 0.3) is 15.8 Å². The number of benzene rings is 1. The van der Waals surface area contributed by atoms with Crippen molar-refractivity contribution in [1.82, 2.24) is 4.57 Å². The minimum Gasteiger partial charge on any atom is -0.330 e. The number of alkyl halides is 1. The van der Waals surface area contributed by atoms with E-state index in [2.05, 4.69) is 67.1 Å². The fraction of sp³-hybridized carbons (Fsp3) is 0.400. The summed E-state index contributed by atoms with van der Waals surface area (Å²) >= 11 is 7.70. The Morgan fingerprint density at radius 1 is 1.28 bits per heavy atom. The monoisotopic (exact) mass is 425 g/mol.